The molecule has 0 spiro atoms. The van der Waals surface area contributed by atoms with E-state index in [0.717, 1.165) is 10.6 Å². The maximum Gasteiger partial charge on any atom is 0.574 e. The molecule has 2 aromatic heterocycles. The average molecular weight is 261 g/mol. The Morgan fingerprint density at radius 2 is 2.11 bits per heavy atom. The van der Waals surface area contributed by atoms with E-state index < -0.39 is 17.8 Å². The molecule has 98 valence electrons. The monoisotopic (exact) mass is 261 g/mol. The third-order valence-electron chi connectivity index (χ3n) is 2.34. The molecule has 0 aliphatic heterocycles. The van der Waals surface area contributed by atoms with Gasteiger partial charge in [-0.1, -0.05) is 13.8 Å². The first-order valence-corrected chi connectivity index (χ1v) is 5.14. The van der Waals surface area contributed by atoms with E-state index in [9.17, 15) is 18.0 Å². The standard InChI is InChI=1S/C10H10F3N3O2/c1-5(2)6-4-14-7-3-8(18-10(11,12)13)15-16(7)9(6)17/h3-5,15H,1-2H3. The fraction of sp³-hybridized carbons (Fsp3) is 0.400. The number of nitrogens with zero attached hydrogens (tertiary/aromatic N) is 2. The van der Waals surface area contributed by atoms with Crippen molar-refractivity contribution in [2.24, 2.45) is 0 Å². The second-order valence-electron chi connectivity index (χ2n) is 4.04. The molecular weight excluding hydrogens is 251 g/mol. The molecule has 2 rings (SSSR count). The van der Waals surface area contributed by atoms with Crippen molar-refractivity contribution in [3.05, 3.63) is 28.2 Å². The molecule has 0 fully saturated rings. The number of ether oxygens (including phenoxy) is 1. The van der Waals surface area contributed by atoms with Gasteiger partial charge < -0.3 is 4.74 Å². The highest BCUT2D eigenvalue weighted by molar-refractivity contribution is 5.42. The first-order valence-electron chi connectivity index (χ1n) is 5.14. The smallest absolute Gasteiger partial charge is 0.388 e. The molecule has 0 unspecified atom stereocenters. The number of hydrogen-bond donors (Lipinski definition) is 1. The van der Waals surface area contributed by atoms with Gasteiger partial charge in [0.2, 0.25) is 5.88 Å². The molecular formula is C10H10F3N3O2. The average Bonchev–Trinajstić information content (AvgIpc) is 2.58. The number of halogens is 3. The minimum Gasteiger partial charge on any atom is -0.388 e. The van der Waals surface area contributed by atoms with E-state index in [4.69, 9.17) is 0 Å². The van der Waals surface area contributed by atoms with Crippen LogP contribution >= 0.6 is 0 Å². The Bertz CT molecular complexity index is 627. The summed E-state index contributed by atoms with van der Waals surface area (Å²) in [7, 11) is 0. The van der Waals surface area contributed by atoms with Gasteiger partial charge in [0.25, 0.3) is 5.56 Å². The second-order valence-corrected chi connectivity index (χ2v) is 4.04. The van der Waals surface area contributed by atoms with Gasteiger partial charge in [-0.15, -0.1) is 13.2 Å². The van der Waals surface area contributed by atoms with Crippen molar-refractivity contribution in [1.29, 1.82) is 0 Å². The molecule has 0 bridgehead atoms. The molecule has 0 amide bonds. The summed E-state index contributed by atoms with van der Waals surface area (Å²) < 4.78 is 40.7. The van der Waals surface area contributed by atoms with Crippen LogP contribution in [0.3, 0.4) is 0 Å². The van der Waals surface area contributed by atoms with Crippen LogP contribution in [0, 0.1) is 0 Å². The SMILES string of the molecule is CC(C)c1cnc2cc(OC(F)(F)F)[nH]n2c1=O. The summed E-state index contributed by atoms with van der Waals surface area (Å²) >= 11 is 0. The molecule has 0 aliphatic carbocycles. The van der Waals surface area contributed by atoms with Gasteiger partial charge in [0.15, 0.2) is 5.65 Å². The molecule has 0 aromatic carbocycles. The molecule has 18 heavy (non-hydrogen) atoms. The number of aromatic amines is 1. The van der Waals surface area contributed by atoms with E-state index >= 15 is 0 Å². The van der Waals surface area contributed by atoms with E-state index in [1.807, 2.05) is 0 Å². The van der Waals surface area contributed by atoms with Crippen LogP contribution in [0.5, 0.6) is 5.88 Å². The van der Waals surface area contributed by atoms with Crippen LogP contribution in [-0.2, 0) is 0 Å². The van der Waals surface area contributed by atoms with Crippen molar-refractivity contribution in [2.75, 3.05) is 0 Å². The summed E-state index contributed by atoms with van der Waals surface area (Å²) in [6, 6.07) is 1.01. The van der Waals surface area contributed by atoms with Gasteiger partial charge in [0, 0.05) is 17.8 Å². The molecule has 1 N–H and O–H groups in total. The molecule has 0 saturated heterocycles. The first kappa shape index (κ1) is 12.5. The summed E-state index contributed by atoms with van der Waals surface area (Å²) in [5.74, 6) is -0.648. The quantitative estimate of drug-likeness (QED) is 0.900. The first-order chi connectivity index (χ1) is 8.28. The van der Waals surface area contributed by atoms with Crippen molar-refractivity contribution < 1.29 is 17.9 Å². The van der Waals surface area contributed by atoms with Crippen LogP contribution in [0.4, 0.5) is 13.2 Å². The third-order valence-corrected chi connectivity index (χ3v) is 2.34. The van der Waals surface area contributed by atoms with Crippen LogP contribution in [0.1, 0.15) is 25.3 Å². The highest BCUT2D eigenvalue weighted by Crippen LogP contribution is 2.21. The van der Waals surface area contributed by atoms with Crippen LogP contribution in [0.2, 0.25) is 0 Å². The lowest BCUT2D eigenvalue weighted by atomic mass is 10.1. The predicted molar refractivity (Wildman–Crippen MR) is 56.6 cm³/mol. The molecule has 0 atom stereocenters. The molecule has 0 saturated carbocycles. The molecule has 2 aromatic rings. The zero-order valence-electron chi connectivity index (χ0n) is 9.58. The maximum absolute atomic E-state index is 12.0. The van der Waals surface area contributed by atoms with E-state index in [0.29, 0.717) is 5.56 Å². The Balaban J connectivity index is 2.52. The lowest BCUT2D eigenvalue weighted by Gasteiger charge is -2.05. The highest BCUT2D eigenvalue weighted by Gasteiger charge is 2.32. The molecule has 8 heteroatoms. The van der Waals surface area contributed by atoms with E-state index in [1.54, 1.807) is 13.8 Å². The number of nitrogens with one attached hydrogen (secondary N) is 1. The van der Waals surface area contributed by atoms with Crippen LogP contribution in [0.15, 0.2) is 17.1 Å². The molecule has 5 nitrogen and oxygen atoms in total. The van der Waals surface area contributed by atoms with E-state index in [1.165, 1.54) is 6.20 Å². The summed E-state index contributed by atoms with van der Waals surface area (Å²) in [4.78, 5) is 15.8. The normalized spacial score (nSPS) is 12.3. The highest BCUT2D eigenvalue weighted by atomic mass is 19.4. The van der Waals surface area contributed by atoms with Crippen LogP contribution in [-0.4, -0.2) is 21.0 Å². The lowest BCUT2D eigenvalue weighted by Crippen LogP contribution is -2.21. The Kier molecular flexibility index (Phi) is 2.80. The fourth-order valence-electron chi connectivity index (χ4n) is 1.52. The van der Waals surface area contributed by atoms with Gasteiger partial charge in [-0.05, 0) is 5.92 Å². The fourth-order valence-corrected chi connectivity index (χ4v) is 1.52. The van der Waals surface area contributed by atoms with Gasteiger partial charge in [-0.2, -0.15) is 4.52 Å². The Morgan fingerprint density at radius 3 is 2.67 bits per heavy atom. The zero-order valence-corrected chi connectivity index (χ0v) is 9.58. The second kappa shape index (κ2) is 4.04. The van der Waals surface area contributed by atoms with E-state index in [-0.39, 0.29) is 11.6 Å². The van der Waals surface area contributed by atoms with Gasteiger partial charge in [0.1, 0.15) is 0 Å². The number of aromatic nitrogens is 3. The Morgan fingerprint density at radius 1 is 1.44 bits per heavy atom. The Labute approximate surface area is 99.2 Å². The molecule has 2 heterocycles. The van der Waals surface area contributed by atoms with Gasteiger partial charge in [0.05, 0.1) is 0 Å². The van der Waals surface area contributed by atoms with Gasteiger partial charge >= 0.3 is 6.36 Å². The van der Waals surface area contributed by atoms with Crippen molar-refractivity contribution >= 4 is 5.65 Å². The van der Waals surface area contributed by atoms with Crippen molar-refractivity contribution in [2.45, 2.75) is 26.1 Å². The number of hydrogen-bond acceptors (Lipinski definition) is 3. The molecule has 0 aliphatic rings. The van der Waals surface area contributed by atoms with Gasteiger partial charge in [-0.3, -0.25) is 9.89 Å². The topological polar surface area (TPSA) is 59.4 Å². The zero-order chi connectivity index (χ0) is 13.5. The maximum atomic E-state index is 12.0. The molecule has 0 radical (unpaired) electrons. The number of H-pyrrole nitrogens is 1. The van der Waals surface area contributed by atoms with E-state index in [2.05, 4.69) is 14.8 Å². The lowest BCUT2D eigenvalue weighted by molar-refractivity contribution is -0.276. The largest absolute Gasteiger partial charge is 0.574 e. The summed E-state index contributed by atoms with van der Waals surface area (Å²) in [5, 5.41) is 2.22. The summed E-state index contributed by atoms with van der Waals surface area (Å²) in [6.45, 7) is 3.59. The van der Waals surface area contributed by atoms with Crippen molar-refractivity contribution in [1.82, 2.24) is 14.6 Å². The minimum absolute atomic E-state index is 0.0721. The summed E-state index contributed by atoms with van der Waals surface area (Å²) in [6.07, 6.45) is -3.46. The minimum atomic E-state index is -4.81. The summed E-state index contributed by atoms with van der Waals surface area (Å²) in [5.41, 5.74) is 0.0450. The predicted octanol–water partition coefficient (Wildman–Crippen LogP) is 2.04. The van der Waals surface area contributed by atoms with Crippen molar-refractivity contribution in [3.8, 4) is 5.88 Å². The van der Waals surface area contributed by atoms with Crippen molar-refractivity contribution in [3.63, 3.8) is 0 Å². The Hall–Kier alpha value is -1.99. The number of rotatable bonds is 2. The number of alkyl halides is 3. The third kappa shape index (κ3) is 2.31. The van der Waals surface area contributed by atoms with Crippen LogP contribution < -0.4 is 10.3 Å². The number of fused-ring (bicyclic) bond motifs is 1. The van der Waals surface area contributed by atoms with Gasteiger partial charge in [-0.25, -0.2) is 4.98 Å². The van der Waals surface area contributed by atoms with Crippen LogP contribution in [0.25, 0.3) is 5.65 Å².